The molecule has 0 aromatic heterocycles. The molecule has 0 heterocycles. The van der Waals surface area contributed by atoms with E-state index in [1.54, 1.807) is 22.3 Å². The van der Waals surface area contributed by atoms with Gasteiger partial charge in [-0.3, -0.25) is 0 Å². The van der Waals surface area contributed by atoms with Gasteiger partial charge in [0, 0.05) is 0 Å². The number of allylic oxidation sites excluding steroid dienone is 8. The molecule has 0 nitrogen and oxygen atoms in total. The van der Waals surface area contributed by atoms with Gasteiger partial charge in [-0.15, -0.1) is 0 Å². The molecule has 0 aromatic carbocycles. The van der Waals surface area contributed by atoms with Gasteiger partial charge in [0.25, 0.3) is 0 Å². The number of hydrogen-bond donors (Lipinski definition) is 0. The second-order valence-corrected chi connectivity index (χ2v) is 38.4. The molecule has 0 aromatic rings. The zero-order valence-electron chi connectivity index (χ0n) is 15.1. The van der Waals surface area contributed by atoms with Gasteiger partial charge in [-0.05, 0) is 0 Å². The molecule has 22 heavy (non-hydrogen) atoms. The van der Waals surface area contributed by atoms with Gasteiger partial charge >= 0.3 is 136 Å². The van der Waals surface area contributed by atoms with Crippen molar-refractivity contribution in [3.05, 3.63) is 41.0 Å². The van der Waals surface area contributed by atoms with Crippen molar-refractivity contribution < 1.29 is 44.1 Å². The molecular formula is C18H29Cl2GeZr. The number of rotatable bonds is 3. The van der Waals surface area contributed by atoms with Crippen molar-refractivity contribution in [1.82, 2.24) is 0 Å². The van der Waals surface area contributed by atoms with Crippen LogP contribution in [0, 0.1) is 11.8 Å². The van der Waals surface area contributed by atoms with E-state index in [9.17, 15) is 0 Å². The second kappa shape index (κ2) is 8.88. The molecule has 4 heteroatoms. The Kier molecular flexibility index (Phi) is 9.27. The standard InChI is InChI=1S/2C8H11.C2H7Ge.2ClH.Zr/c2*1-6-4-7(2)8(3)5-6;1-3-2;;;/h4,8H,1-3H3;4,6H,1-3H3;3H,1-2H3;2*1H;/q;;;;;+2/p-2. The molecule has 0 bridgehead atoms. The summed E-state index contributed by atoms with van der Waals surface area (Å²) in [7, 11) is -1.09. The summed E-state index contributed by atoms with van der Waals surface area (Å²) >= 11 is -1.57. The SMILES string of the molecule is CC1=CC(C)[C]([Zr+2]([C]2=C(C)C=C(C)C2C)[GeH]([CH3])[CH3])=C1C.[Cl-].[Cl-]. The zero-order valence-corrected chi connectivity index (χ0v) is 21.5. The van der Waals surface area contributed by atoms with Crippen LogP contribution in [0.1, 0.15) is 41.5 Å². The van der Waals surface area contributed by atoms with E-state index in [-0.39, 0.29) is 24.8 Å². The molecule has 2 rings (SSSR count). The van der Waals surface area contributed by atoms with Crippen LogP contribution < -0.4 is 24.8 Å². The molecule has 0 radical (unpaired) electrons. The molecular weight excluding hydrogens is 451 g/mol. The second-order valence-electron chi connectivity index (χ2n) is 6.95. The van der Waals surface area contributed by atoms with Crippen LogP contribution in [0.4, 0.5) is 0 Å². The molecule has 0 fully saturated rings. The number of halogens is 2. The maximum Gasteiger partial charge on any atom is -1.00 e. The van der Waals surface area contributed by atoms with Crippen molar-refractivity contribution in [1.29, 1.82) is 0 Å². The van der Waals surface area contributed by atoms with Gasteiger partial charge in [-0.1, -0.05) is 0 Å². The largest absolute Gasteiger partial charge is 1.00 e. The summed E-state index contributed by atoms with van der Waals surface area (Å²) in [6.45, 7) is 14.3. The summed E-state index contributed by atoms with van der Waals surface area (Å²) < 4.78 is 3.90. The molecule has 0 N–H and O–H groups in total. The minimum atomic E-state index is -1.57. The maximum atomic E-state index is 2.66. The van der Waals surface area contributed by atoms with E-state index in [0.717, 1.165) is 11.8 Å². The van der Waals surface area contributed by atoms with Gasteiger partial charge < -0.3 is 24.8 Å². The van der Waals surface area contributed by atoms with Gasteiger partial charge in [-0.25, -0.2) is 0 Å². The van der Waals surface area contributed by atoms with Crippen LogP contribution in [0.3, 0.4) is 0 Å². The van der Waals surface area contributed by atoms with Crippen LogP contribution in [-0.4, -0.2) is 10.6 Å². The van der Waals surface area contributed by atoms with Crippen LogP contribution in [0.25, 0.3) is 0 Å². The smallest absolute Gasteiger partial charge is 1.00 e. The summed E-state index contributed by atoms with van der Waals surface area (Å²) in [6.07, 6.45) is 4.99. The average molecular weight is 480 g/mol. The number of hydrogen-bond acceptors (Lipinski definition) is 0. The summed E-state index contributed by atoms with van der Waals surface area (Å²) in [4.78, 5) is 0. The third-order valence-electron chi connectivity index (χ3n) is 5.09. The van der Waals surface area contributed by atoms with Gasteiger partial charge in [0.1, 0.15) is 0 Å². The third kappa shape index (κ3) is 4.13. The quantitative estimate of drug-likeness (QED) is 0.471. The fourth-order valence-electron chi connectivity index (χ4n) is 3.91. The first-order chi connectivity index (χ1) is 9.25. The molecule has 0 saturated heterocycles. The zero-order chi connectivity index (χ0) is 15.2. The fraction of sp³-hybridized carbons (Fsp3) is 0.556. The van der Waals surface area contributed by atoms with Gasteiger partial charge in [0.05, 0.1) is 0 Å². The van der Waals surface area contributed by atoms with Crippen LogP contribution in [0.15, 0.2) is 41.0 Å². The minimum absolute atomic E-state index is 0. The first-order valence-corrected chi connectivity index (χ1v) is 23.8. The minimum Gasteiger partial charge on any atom is -1.00 e. The van der Waals surface area contributed by atoms with Crippen molar-refractivity contribution in [2.75, 3.05) is 0 Å². The Bertz CT molecular complexity index is 555. The molecule has 0 saturated carbocycles. The molecule has 2 atom stereocenters. The van der Waals surface area contributed by atoms with Crippen molar-refractivity contribution in [3.63, 3.8) is 0 Å². The summed E-state index contributed by atoms with van der Waals surface area (Å²) in [5.74, 6) is 6.78. The fourth-order valence-corrected chi connectivity index (χ4v) is 40.8. The van der Waals surface area contributed by atoms with Crippen molar-refractivity contribution in [2.45, 2.75) is 53.1 Å². The third-order valence-corrected chi connectivity index (χ3v) is 36.9. The molecule has 2 aliphatic rings. The predicted molar refractivity (Wildman–Crippen MR) is 90.1 cm³/mol. The summed E-state index contributed by atoms with van der Waals surface area (Å²) in [5, 5.41) is 0. The Labute approximate surface area is 159 Å². The summed E-state index contributed by atoms with van der Waals surface area (Å²) in [5.41, 5.74) is 6.47. The van der Waals surface area contributed by atoms with E-state index in [0.29, 0.717) is 0 Å². The van der Waals surface area contributed by atoms with Gasteiger partial charge in [-0.2, -0.15) is 0 Å². The van der Waals surface area contributed by atoms with E-state index in [4.69, 9.17) is 0 Å². The molecule has 2 unspecified atom stereocenters. The van der Waals surface area contributed by atoms with Crippen molar-refractivity contribution in [2.24, 2.45) is 11.8 Å². The van der Waals surface area contributed by atoms with E-state index in [1.807, 2.05) is 6.56 Å². The average Bonchev–Trinajstić information content (AvgIpc) is 2.72. The van der Waals surface area contributed by atoms with E-state index < -0.39 is 29.8 Å². The summed E-state index contributed by atoms with van der Waals surface area (Å²) in [6, 6.07) is 0. The predicted octanol–water partition coefficient (Wildman–Crippen LogP) is -0.664. The van der Waals surface area contributed by atoms with E-state index in [1.165, 1.54) is 0 Å². The van der Waals surface area contributed by atoms with Crippen LogP contribution in [-0.2, 0) is 19.2 Å². The first kappa shape index (κ1) is 23.0. The van der Waals surface area contributed by atoms with Gasteiger partial charge in [0.2, 0.25) is 0 Å². The first-order valence-electron chi connectivity index (χ1n) is 7.91. The van der Waals surface area contributed by atoms with Gasteiger partial charge in [0.15, 0.2) is 0 Å². The molecule has 123 valence electrons. The Hall–Kier alpha value is 0.966. The molecule has 0 amide bonds. The maximum absolute atomic E-state index is 2.66. The van der Waals surface area contributed by atoms with Crippen LogP contribution in [0.5, 0.6) is 0 Å². The molecule has 0 aliphatic heterocycles. The topological polar surface area (TPSA) is 0 Å². The Morgan fingerprint density at radius 3 is 1.82 bits per heavy atom. The Balaban J connectivity index is 0.00000220. The molecule has 2 aliphatic carbocycles. The normalized spacial score (nSPS) is 24.2. The van der Waals surface area contributed by atoms with Crippen molar-refractivity contribution >= 4 is 10.6 Å². The Morgan fingerprint density at radius 2 is 1.50 bits per heavy atom. The van der Waals surface area contributed by atoms with Crippen LogP contribution in [0.2, 0.25) is 11.5 Å². The Morgan fingerprint density at radius 1 is 0.955 bits per heavy atom. The monoisotopic (exact) mass is 479 g/mol. The van der Waals surface area contributed by atoms with Crippen LogP contribution >= 0.6 is 0 Å². The molecule has 0 spiro atoms. The van der Waals surface area contributed by atoms with Crippen molar-refractivity contribution in [3.8, 4) is 0 Å². The van der Waals surface area contributed by atoms with E-state index >= 15 is 0 Å². The van der Waals surface area contributed by atoms with E-state index in [2.05, 4.69) is 65.2 Å².